The van der Waals surface area contributed by atoms with Gasteiger partial charge in [-0.05, 0) is 42.7 Å². The van der Waals surface area contributed by atoms with E-state index >= 15 is 0 Å². The van der Waals surface area contributed by atoms with Gasteiger partial charge in [0.2, 0.25) is 11.8 Å². The summed E-state index contributed by atoms with van der Waals surface area (Å²) >= 11 is 0. The molecule has 4 rings (SSSR count). The average molecular weight is 326 g/mol. The van der Waals surface area contributed by atoms with E-state index in [-0.39, 0.29) is 35.1 Å². The summed E-state index contributed by atoms with van der Waals surface area (Å²) in [6, 6.07) is 8.30. The van der Waals surface area contributed by atoms with Crippen LogP contribution in [0.15, 0.2) is 24.3 Å². The number of carbonyl (C=O) groups excluding carboxylic acids is 2. The lowest BCUT2D eigenvalue weighted by Gasteiger charge is -2.38. The molecule has 0 radical (unpaired) electrons. The maximum Gasteiger partial charge on any atom is 0.243 e. The van der Waals surface area contributed by atoms with E-state index in [2.05, 4.69) is 29.6 Å². The smallest absolute Gasteiger partial charge is 0.243 e. The van der Waals surface area contributed by atoms with Crippen LogP contribution in [0.1, 0.15) is 44.2 Å². The van der Waals surface area contributed by atoms with Gasteiger partial charge in [0, 0.05) is 24.4 Å². The molecule has 3 aliphatic rings. The first-order chi connectivity index (χ1) is 11.5. The molecule has 1 aromatic carbocycles. The predicted octanol–water partition coefficient (Wildman–Crippen LogP) is 2.26. The van der Waals surface area contributed by atoms with Gasteiger partial charge in [-0.25, -0.2) is 0 Å². The zero-order chi connectivity index (χ0) is 16.9. The van der Waals surface area contributed by atoms with Crippen molar-refractivity contribution in [3.8, 4) is 0 Å². The Labute approximate surface area is 143 Å². The van der Waals surface area contributed by atoms with Gasteiger partial charge in [-0.15, -0.1) is 0 Å². The molecule has 0 unspecified atom stereocenters. The Morgan fingerprint density at radius 1 is 1.33 bits per heavy atom. The number of amides is 2. The Hall–Kier alpha value is -1.84. The first-order valence-corrected chi connectivity index (χ1v) is 9.21. The zero-order valence-electron chi connectivity index (χ0n) is 14.5. The number of piperazine rings is 1. The molecule has 1 saturated heterocycles. The number of nitrogens with zero attached hydrogens (tertiary/aromatic N) is 1. The first-order valence-electron chi connectivity index (χ1n) is 9.21. The minimum atomic E-state index is -0.317. The highest BCUT2D eigenvalue weighted by Gasteiger charge is 2.61. The lowest BCUT2D eigenvalue weighted by molar-refractivity contribution is -0.146. The fraction of sp³-hybridized carbons (Fsp3) is 0.600. The van der Waals surface area contributed by atoms with Crippen LogP contribution in [0, 0.1) is 11.8 Å². The van der Waals surface area contributed by atoms with Crippen molar-refractivity contribution in [2.24, 2.45) is 11.8 Å². The Morgan fingerprint density at radius 2 is 2.12 bits per heavy atom. The first kappa shape index (κ1) is 15.7. The second kappa shape index (κ2) is 5.61. The minimum Gasteiger partial charge on any atom is -0.353 e. The SMILES string of the molecule is CC(C)[C@@H]1C(=O)NCCN1C(=O)[C@@H]1C[C@]12CCCc1ccccc12. The topological polar surface area (TPSA) is 49.4 Å². The van der Waals surface area contributed by atoms with Gasteiger partial charge >= 0.3 is 0 Å². The Bertz CT molecular complexity index is 684. The quantitative estimate of drug-likeness (QED) is 0.906. The van der Waals surface area contributed by atoms with Crippen molar-refractivity contribution in [3.05, 3.63) is 35.4 Å². The van der Waals surface area contributed by atoms with Gasteiger partial charge in [-0.2, -0.15) is 0 Å². The zero-order valence-corrected chi connectivity index (χ0v) is 14.5. The van der Waals surface area contributed by atoms with E-state index in [1.807, 2.05) is 18.7 Å². The number of hydrogen-bond acceptors (Lipinski definition) is 2. The summed E-state index contributed by atoms with van der Waals surface area (Å²) in [6.07, 6.45) is 4.34. The van der Waals surface area contributed by atoms with E-state index in [4.69, 9.17) is 0 Å². The number of carbonyl (C=O) groups is 2. The van der Waals surface area contributed by atoms with Crippen LogP contribution in [0.4, 0.5) is 0 Å². The summed E-state index contributed by atoms with van der Waals surface area (Å²) < 4.78 is 0. The van der Waals surface area contributed by atoms with Crippen molar-refractivity contribution in [3.63, 3.8) is 0 Å². The second-order valence-electron chi connectivity index (χ2n) is 7.94. The largest absolute Gasteiger partial charge is 0.353 e. The summed E-state index contributed by atoms with van der Waals surface area (Å²) in [4.78, 5) is 27.4. The summed E-state index contributed by atoms with van der Waals surface area (Å²) in [6.45, 7) is 5.26. The van der Waals surface area contributed by atoms with Crippen LogP contribution in [0.2, 0.25) is 0 Å². The molecule has 1 aliphatic heterocycles. The fourth-order valence-corrected chi connectivity index (χ4v) is 4.95. The van der Waals surface area contributed by atoms with Crippen molar-refractivity contribution < 1.29 is 9.59 Å². The molecule has 2 fully saturated rings. The van der Waals surface area contributed by atoms with E-state index in [1.165, 1.54) is 11.1 Å². The third kappa shape index (κ3) is 2.27. The number of fused-ring (bicyclic) bond motifs is 2. The molecule has 4 heteroatoms. The van der Waals surface area contributed by atoms with Gasteiger partial charge < -0.3 is 10.2 Å². The molecule has 1 spiro atoms. The van der Waals surface area contributed by atoms with Crippen molar-refractivity contribution in [2.45, 2.75) is 51.0 Å². The van der Waals surface area contributed by atoms with Crippen molar-refractivity contribution in [1.29, 1.82) is 0 Å². The lowest BCUT2D eigenvalue weighted by Crippen LogP contribution is -2.59. The minimum absolute atomic E-state index is 0.00310. The van der Waals surface area contributed by atoms with Gasteiger partial charge in [0.25, 0.3) is 0 Å². The molecular weight excluding hydrogens is 300 g/mol. The number of aryl methyl sites for hydroxylation is 1. The van der Waals surface area contributed by atoms with Crippen LogP contribution in [-0.4, -0.2) is 35.8 Å². The molecule has 128 valence electrons. The molecule has 2 amide bonds. The summed E-state index contributed by atoms with van der Waals surface area (Å²) in [7, 11) is 0. The van der Waals surface area contributed by atoms with Crippen molar-refractivity contribution in [2.75, 3.05) is 13.1 Å². The van der Waals surface area contributed by atoms with Crippen LogP contribution in [0.5, 0.6) is 0 Å². The number of benzene rings is 1. The highest BCUT2D eigenvalue weighted by atomic mass is 16.2. The highest BCUT2D eigenvalue weighted by molar-refractivity contribution is 5.92. The molecule has 1 aromatic rings. The van der Waals surface area contributed by atoms with E-state index < -0.39 is 0 Å². The number of hydrogen-bond donors (Lipinski definition) is 1. The maximum atomic E-state index is 13.2. The van der Waals surface area contributed by atoms with E-state index in [0.717, 1.165) is 25.7 Å². The lowest BCUT2D eigenvalue weighted by atomic mass is 9.78. The molecule has 3 atom stereocenters. The van der Waals surface area contributed by atoms with Crippen LogP contribution >= 0.6 is 0 Å². The van der Waals surface area contributed by atoms with Crippen LogP contribution in [0.25, 0.3) is 0 Å². The van der Waals surface area contributed by atoms with Crippen LogP contribution in [0.3, 0.4) is 0 Å². The second-order valence-corrected chi connectivity index (χ2v) is 7.94. The van der Waals surface area contributed by atoms with Gasteiger partial charge in [0.05, 0.1) is 0 Å². The van der Waals surface area contributed by atoms with Crippen LogP contribution in [-0.2, 0) is 21.4 Å². The third-order valence-electron chi connectivity index (χ3n) is 6.17. The normalized spacial score (nSPS) is 31.8. The molecule has 0 aromatic heterocycles. The van der Waals surface area contributed by atoms with Crippen molar-refractivity contribution >= 4 is 11.8 Å². The molecule has 1 N–H and O–H groups in total. The average Bonchev–Trinajstić information content (AvgIpc) is 3.29. The van der Waals surface area contributed by atoms with Crippen LogP contribution < -0.4 is 5.32 Å². The standard InChI is InChI=1S/C20H26N2O2/c1-13(2)17-18(23)21-10-11-22(17)19(24)16-12-20(16)9-5-7-14-6-3-4-8-15(14)20/h3-4,6,8,13,16-17H,5,7,9-12H2,1-2H3,(H,21,23)/t16-,17+,20-/m0/s1. The fourth-order valence-electron chi connectivity index (χ4n) is 4.95. The molecule has 24 heavy (non-hydrogen) atoms. The molecular formula is C20H26N2O2. The summed E-state index contributed by atoms with van der Waals surface area (Å²) in [5.74, 6) is 0.400. The number of nitrogens with one attached hydrogen (secondary N) is 1. The monoisotopic (exact) mass is 326 g/mol. The Kier molecular flexibility index (Phi) is 3.66. The molecule has 1 heterocycles. The van der Waals surface area contributed by atoms with Gasteiger partial charge in [0.1, 0.15) is 6.04 Å². The Morgan fingerprint density at radius 3 is 2.92 bits per heavy atom. The van der Waals surface area contributed by atoms with Crippen molar-refractivity contribution in [1.82, 2.24) is 10.2 Å². The summed E-state index contributed by atoms with van der Waals surface area (Å²) in [5.41, 5.74) is 2.84. The third-order valence-corrected chi connectivity index (χ3v) is 6.17. The molecule has 0 bridgehead atoms. The van der Waals surface area contributed by atoms with Gasteiger partial charge in [-0.3, -0.25) is 9.59 Å². The molecule has 4 nitrogen and oxygen atoms in total. The van der Waals surface area contributed by atoms with E-state index in [9.17, 15) is 9.59 Å². The van der Waals surface area contributed by atoms with Gasteiger partial charge in [0.15, 0.2) is 0 Å². The van der Waals surface area contributed by atoms with E-state index in [0.29, 0.717) is 13.1 Å². The van der Waals surface area contributed by atoms with E-state index in [1.54, 1.807) is 0 Å². The molecule has 2 aliphatic carbocycles. The predicted molar refractivity (Wildman–Crippen MR) is 92.5 cm³/mol. The summed E-state index contributed by atoms with van der Waals surface area (Å²) in [5, 5.41) is 2.91. The Balaban J connectivity index is 1.60. The highest BCUT2D eigenvalue weighted by Crippen LogP contribution is 2.61. The van der Waals surface area contributed by atoms with Gasteiger partial charge in [-0.1, -0.05) is 38.1 Å². The maximum absolute atomic E-state index is 13.2. The number of rotatable bonds is 2. The molecule has 1 saturated carbocycles.